The van der Waals surface area contributed by atoms with Crippen LogP contribution in [-0.2, 0) is 4.79 Å². The van der Waals surface area contributed by atoms with Crippen molar-refractivity contribution < 1.29 is 14.3 Å². The monoisotopic (exact) mass is 443 g/mol. The topological polar surface area (TPSA) is 61.9 Å². The van der Waals surface area contributed by atoms with Crippen molar-refractivity contribution in [3.8, 4) is 16.9 Å². The minimum Gasteiger partial charge on any atom is -0.492 e. The van der Waals surface area contributed by atoms with Gasteiger partial charge >= 0.3 is 6.03 Å². The number of nitrogens with one attached hydrogen (secondary N) is 1. The molecule has 1 unspecified atom stereocenters. The van der Waals surface area contributed by atoms with Crippen LogP contribution in [0.5, 0.6) is 5.75 Å². The number of benzene rings is 2. The quantitative estimate of drug-likeness (QED) is 0.446. The Balaban J connectivity index is 0.00000272. The SMILES string of the molecule is Cl.O=C1C2CCCN2C(=O)N1CCCCNCCOc1ccc(-c2ccccc2)cc1. The van der Waals surface area contributed by atoms with Crippen LogP contribution >= 0.6 is 12.4 Å². The lowest BCUT2D eigenvalue weighted by molar-refractivity contribution is -0.128. The molecule has 4 rings (SSSR count). The predicted octanol–water partition coefficient (Wildman–Crippen LogP) is 3.95. The number of hydrogen-bond donors (Lipinski definition) is 1. The molecule has 2 aromatic rings. The summed E-state index contributed by atoms with van der Waals surface area (Å²) in [6.07, 6.45) is 3.51. The van der Waals surface area contributed by atoms with Gasteiger partial charge in [-0.25, -0.2) is 4.79 Å². The fraction of sp³-hybridized carbons (Fsp3) is 0.417. The Morgan fingerprint density at radius 2 is 1.68 bits per heavy atom. The van der Waals surface area contributed by atoms with Crippen molar-refractivity contribution in [3.63, 3.8) is 0 Å². The van der Waals surface area contributed by atoms with Gasteiger partial charge in [0.15, 0.2) is 0 Å². The van der Waals surface area contributed by atoms with Crippen LogP contribution in [0.4, 0.5) is 4.79 Å². The third-order valence-corrected chi connectivity index (χ3v) is 5.77. The first-order valence-corrected chi connectivity index (χ1v) is 10.8. The summed E-state index contributed by atoms with van der Waals surface area (Å²) in [4.78, 5) is 27.7. The second kappa shape index (κ2) is 11.2. The first kappa shape index (κ1) is 23.1. The van der Waals surface area contributed by atoms with Gasteiger partial charge in [0.1, 0.15) is 18.4 Å². The molecule has 3 amide bonds. The summed E-state index contributed by atoms with van der Waals surface area (Å²) in [6.45, 7) is 3.46. The highest BCUT2D eigenvalue weighted by Crippen LogP contribution is 2.27. The molecule has 2 fully saturated rings. The van der Waals surface area contributed by atoms with Gasteiger partial charge in [0.25, 0.3) is 5.91 Å². The molecule has 0 aliphatic carbocycles. The maximum Gasteiger partial charge on any atom is 0.327 e. The second-order valence-corrected chi connectivity index (χ2v) is 7.82. The lowest BCUT2D eigenvalue weighted by Crippen LogP contribution is -2.34. The summed E-state index contributed by atoms with van der Waals surface area (Å²) >= 11 is 0. The molecule has 7 heteroatoms. The van der Waals surface area contributed by atoms with E-state index in [4.69, 9.17) is 4.74 Å². The molecule has 6 nitrogen and oxygen atoms in total. The van der Waals surface area contributed by atoms with Gasteiger partial charge in [0.05, 0.1) is 0 Å². The number of ether oxygens (including phenoxy) is 1. The predicted molar refractivity (Wildman–Crippen MR) is 124 cm³/mol. The van der Waals surface area contributed by atoms with Gasteiger partial charge in [-0.15, -0.1) is 12.4 Å². The zero-order valence-electron chi connectivity index (χ0n) is 17.7. The number of fused-ring (bicyclic) bond motifs is 1. The van der Waals surface area contributed by atoms with Crippen LogP contribution in [0.15, 0.2) is 54.6 Å². The minimum absolute atomic E-state index is 0. The number of urea groups is 1. The van der Waals surface area contributed by atoms with Crippen molar-refractivity contribution in [3.05, 3.63) is 54.6 Å². The molecule has 0 saturated carbocycles. The summed E-state index contributed by atoms with van der Waals surface area (Å²) in [6, 6.07) is 18.1. The third kappa shape index (κ3) is 5.57. The average molecular weight is 444 g/mol. The summed E-state index contributed by atoms with van der Waals surface area (Å²) in [5.74, 6) is 0.861. The normalized spacial score (nSPS) is 17.6. The van der Waals surface area contributed by atoms with Crippen molar-refractivity contribution >= 4 is 24.3 Å². The molecule has 0 bridgehead atoms. The zero-order valence-corrected chi connectivity index (χ0v) is 18.5. The van der Waals surface area contributed by atoms with Gasteiger partial charge in [-0.05, 0) is 55.5 Å². The molecule has 1 atom stereocenters. The Hall–Kier alpha value is -2.57. The molecule has 31 heavy (non-hydrogen) atoms. The number of carbonyl (C=O) groups is 2. The molecule has 2 aromatic carbocycles. The van der Waals surface area contributed by atoms with Crippen LogP contribution in [0, 0.1) is 0 Å². The molecule has 2 aliphatic heterocycles. The highest BCUT2D eigenvalue weighted by molar-refractivity contribution is 6.04. The lowest BCUT2D eigenvalue weighted by Gasteiger charge is -2.15. The van der Waals surface area contributed by atoms with Gasteiger partial charge in [0.2, 0.25) is 0 Å². The number of halogens is 1. The highest BCUT2D eigenvalue weighted by atomic mass is 35.5. The molecule has 2 heterocycles. The van der Waals surface area contributed by atoms with Crippen LogP contribution in [0.25, 0.3) is 11.1 Å². The molecule has 1 N–H and O–H groups in total. The number of nitrogens with zero attached hydrogens (tertiary/aromatic N) is 2. The Labute approximate surface area is 190 Å². The Morgan fingerprint density at radius 1 is 0.935 bits per heavy atom. The van der Waals surface area contributed by atoms with E-state index in [1.54, 1.807) is 4.90 Å². The standard InChI is InChI=1S/C24H29N3O3.ClH/c28-23-22-9-6-17-26(22)24(29)27(23)16-5-4-14-25-15-18-30-21-12-10-20(11-13-21)19-7-2-1-3-8-19;/h1-3,7-8,10-13,22,25H,4-6,9,14-18H2;1H. The smallest absolute Gasteiger partial charge is 0.327 e. The zero-order chi connectivity index (χ0) is 20.8. The molecule has 166 valence electrons. The van der Waals surface area contributed by atoms with Crippen molar-refractivity contribution in [1.29, 1.82) is 0 Å². The van der Waals surface area contributed by atoms with E-state index in [2.05, 4.69) is 29.6 Å². The van der Waals surface area contributed by atoms with Crippen molar-refractivity contribution in [1.82, 2.24) is 15.1 Å². The van der Waals surface area contributed by atoms with E-state index >= 15 is 0 Å². The molecular weight excluding hydrogens is 414 g/mol. The fourth-order valence-corrected chi connectivity index (χ4v) is 4.15. The number of amides is 3. The van der Waals surface area contributed by atoms with Gasteiger partial charge < -0.3 is 15.0 Å². The first-order chi connectivity index (χ1) is 14.7. The van der Waals surface area contributed by atoms with Crippen LogP contribution in [0.3, 0.4) is 0 Å². The highest BCUT2D eigenvalue weighted by Gasteiger charge is 2.46. The maximum atomic E-state index is 12.3. The largest absolute Gasteiger partial charge is 0.492 e. The second-order valence-electron chi connectivity index (χ2n) is 7.82. The van der Waals surface area contributed by atoms with E-state index in [1.807, 2.05) is 30.3 Å². The number of rotatable bonds is 10. The summed E-state index contributed by atoms with van der Waals surface area (Å²) in [5, 5.41) is 3.36. The van der Waals surface area contributed by atoms with Gasteiger partial charge in [-0.2, -0.15) is 0 Å². The Morgan fingerprint density at radius 3 is 2.42 bits per heavy atom. The van der Waals surface area contributed by atoms with E-state index in [1.165, 1.54) is 16.0 Å². The van der Waals surface area contributed by atoms with Crippen LogP contribution in [-0.4, -0.2) is 60.6 Å². The fourth-order valence-electron chi connectivity index (χ4n) is 4.15. The summed E-state index contributed by atoms with van der Waals surface area (Å²) < 4.78 is 5.79. The average Bonchev–Trinajstić information content (AvgIpc) is 3.35. The van der Waals surface area contributed by atoms with E-state index in [-0.39, 0.29) is 30.4 Å². The molecular formula is C24H30ClN3O3. The van der Waals surface area contributed by atoms with Gasteiger partial charge in [0, 0.05) is 19.6 Å². The molecule has 2 aliphatic rings. The lowest BCUT2D eigenvalue weighted by atomic mass is 10.1. The number of unbranched alkanes of at least 4 members (excludes halogenated alkanes) is 1. The molecule has 0 aromatic heterocycles. The number of hydrogen-bond acceptors (Lipinski definition) is 4. The number of carbonyl (C=O) groups excluding carboxylic acids is 2. The minimum atomic E-state index is -0.186. The summed E-state index contributed by atoms with van der Waals surface area (Å²) in [7, 11) is 0. The molecule has 0 spiro atoms. The molecule has 2 saturated heterocycles. The van der Waals surface area contributed by atoms with E-state index < -0.39 is 0 Å². The Bertz CT molecular complexity index is 838. The first-order valence-electron chi connectivity index (χ1n) is 10.8. The van der Waals surface area contributed by atoms with E-state index in [0.29, 0.717) is 13.2 Å². The van der Waals surface area contributed by atoms with Crippen LogP contribution in [0.1, 0.15) is 25.7 Å². The van der Waals surface area contributed by atoms with Crippen LogP contribution < -0.4 is 10.1 Å². The third-order valence-electron chi connectivity index (χ3n) is 5.77. The number of imide groups is 1. The maximum absolute atomic E-state index is 12.3. The van der Waals surface area contributed by atoms with Gasteiger partial charge in [-0.1, -0.05) is 42.5 Å². The van der Waals surface area contributed by atoms with E-state index in [0.717, 1.165) is 51.1 Å². The van der Waals surface area contributed by atoms with Crippen molar-refractivity contribution in [2.24, 2.45) is 0 Å². The van der Waals surface area contributed by atoms with Crippen molar-refractivity contribution in [2.75, 3.05) is 32.8 Å². The van der Waals surface area contributed by atoms with Crippen molar-refractivity contribution in [2.45, 2.75) is 31.7 Å². The summed E-state index contributed by atoms with van der Waals surface area (Å²) in [5.41, 5.74) is 2.37. The van der Waals surface area contributed by atoms with Gasteiger partial charge in [-0.3, -0.25) is 9.69 Å². The Kier molecular flexibility index (Phi) is 8.32. The molecule has 0 radical (unpaired) electrons. The van der Waals surface area contributed by atoms with Crippen LogP contribution in [0.2, 0.25) is 0 Å². The van der Waals surface area contributed by atoms with E-state index in [9.17, 15) is 9.59 Å².